The van der Waals surface area contributed by atoms with Gasteiger partial charge in [0.2, 0.25) is 0 Å². The first-order valence-electron chi connectivity index (χ1n) is 6.49. The number of rotatable bonds is 5. The van der Waals surface area contributed by atoms with Crippen molar-refractivity contribution < 1.29 is 0 Å². The molecule has 0 bridgehead atoms. The van der Waals surface area contributed by atoms with Crippen LogP contribution in [0.25, 0.3) is 10.6 Å². The molecule has 1 heterocycles. The van der Waals surface area contributed by atoms with E-state index in [1.54, 1.807) is 11.3 Å². The molecule has 4 heteroatoms. The van der Waals surface area contributed by atoms with Crippen molar-refractivity contribution in [2.24, 2.45) is 5.92 Å². The number of nitrogens with one attached hydrogen (secondary N) is 1. The zero-order valence-electron chi connectivity index (χ0n) is 11.5. The van der Waals surface area contributed by atoms with E-state index in [-0.39, 0.29) is 0 Å². The van der Waals surface area contributed by atoms with Crippen LogP contribution in [-0.2, 0) is 6.54 Å². The number of halogens is 1. The highest BCUT2D eigenvalue weighted by molar-refractivity contribution is 7.15. The van der Waals surface area contributed by atoms with Gasteiger partial charge in [-0.2, -0.15) is 0 Å². The average Bonchev–Trinajstić information content (AvgIpc) is 2.71. The van der Waals surface area contributed by atoms with Gasteiger partial charge < -0.3 is 5.32 Å². The molecule has 0 amide bonds. The molecule has 0 saturated heterocycles. The molecular weight excluding hydrogens is 276 g/mol. The van der Waals surface area contributed by atoms with Crippen LogP contribution in [0, 0.1) is 12.8 Å². The molecule has 0 aliphatic rings. The van der Waals surface area contributed by atoms with Gasteiger partial charge in [-0.1, -0.05) is 37.6 Å². The van der Waals surface area contributed by atoms with Gasteiger partial charge in [-0.15, -0.1) is 11.3 Å². The molecule has 1 aromatic heterocycles. The first-order chi connectivity index (χ1) is 9.06. The van der Waals surface area contributed by atoms with Gasteiger partial charge in [-0.3, -0.25) is 0 Å². The third-order valence-electron chi connectivity index (χ3n) is 2.80. The summed E-state index contributed by atoms with van der Waals surface area (Å²) in [6.45, 7) is 8.41. The number of aromatic nitrogens is 1. The molecule has 2 aromatic rings. The third kappa shape index (κ3) is 4.03. The van der Waals surface area contributed by atoms with Crippen molar-refractivity contribution in [2.75, 3.05) is 6.54 Å². The molecule has 19 heavy (non-hydrogen) atoms. The molecule has 2 nitrogen and oxygen atoms in total. The molecule has 0 fully saturated rings. The van der Waals surface area contributed by atoms with E-state index in [1.807, 2.05) is 18.2 Å². The second kappa shape index (κ2) is 6.51. The topological polar surface area (TPSA) is 24.9 Å². The minimum absolute atomic E-state index is 0.667. The lowest BCUT2D eigenvalue weighted by atomic mass is 10.2. The number of benzene rings is 1. The molecule has 0 aliphatic carbocycles. The van der Waals surface area contributed by atoms with Crippen LogP contribution >= 0.6 is 22.9 Å². The number of hydrogen-bond acceptors (Lipinski definition) is 3. The summed E-state index contributed by atoms with van der Waals surface area (Å²) in [5.41, 5.74) is 2.20. The van der Waals surface area contributed by atoms with Crippen LogP contribution < -0.4 is 5.32 Å². The fourth-order valence-corrected chi connectivity index (χ4v) is 3.03. The Morgan fingerprint density at radius 1 is 1.37 bits per heavy atom. The molecule has 102 valence electrons. The summed E-state index contributed by atoms with van der Waals surface area (Å²) in [6.07, 6.45) is 0. The van der Waals surface area contributed by atoms with Gasteiger partial charge in [0, 0.05) is 22.0 Å². The van der Waals surface area contributed by atoms with Crippen LogP contribution in [0.2, 0.25) is 5.02 Å². The summed E-state index contributed by atoms with van der Waals surface area (Å²) in [5, 5.41) is 5.26. The molecule has 1 N–H and O–H groups in total. The maximum Gasteiger partial charge on any atom is 0.123 e. The highest BCUT2D eigenvalue weighted by Gasteiger charge is 2.09. The van der Waals surface area contributed by atoms with Gasteiger partial charge in [0.1, 0.15) is 5.01 Å². The van der Waals surface area contributed by atoms with Crippen molar-refractivity contribution in [2.45, 2.75) is 27.3 Å². The minimum Gasteiger partial charge on any atom is -0.312 e. The highest BCUT2D eigenvalue weighted by atomic mass is 35.5. The number of hydrogen-bond donors (Lipinski definition) is 1. The van der Waals surface area contributed by atoms with E-state index in [9.17, 15) is 0 Å². The van der Waals surface area contributed by atoms with E-state index in [4.69, 9.17) is 11.6 Å². The fourth-order valence-electron chi connectivity index (χ4n) is 1.81. The van der Waals surface area contributed by atoms with Crippen molar-refractivity contribution in [3.63, 3.8) is 0 Å². The predicted molar refractivity (Wildman–Crippen MR) is 83.8 cm³/mol. The number of aryl methyl sites for hydroxylation is 1. The monoisotopic (exact) mass is 294 g/mol. The quantitative estimate of drug-likeness (QED) is 0.877. The number of thiazole rings is 1. The zero-order chi connectivity index (χ0) is 13.8. The Morgan fingerprint density at radius 2 is 2.16 bits per heavy atom. The van der Waals surface area contributed by atoms with Crippen molar-refractivity contribution in [1.29, 1.82) is 0 Å². The van der Waals surface area contributed by atoms with Crippen molar-refractivity contribution in [3.8, 4) is 10.6 Å². The van der Waals surface area contributed by atoms with Crippen LogP contribution in [0.4, 0.5) is 0 Å². The van der Waals surface area contributed by atoms with Crippen LogP contribution in [-0.4, -0.2) is 11.5 Å². The normalized spacial score (nSPS) is 11.2. The Kier molecular flexibility index (Phi) is 4.97. The lowest BCUT2D eigenvalue weighted by molar-refractivity contribution is 0.554. The van der Waals surface area contributed by atoms with E-state index < -0.39 is 0 Å². The van der Waals surface area contributed by atoms with Gasteiger partial charge >= 0.3 is 0 Å². The molecule has 0 aliphatic heterocycles. The second-order valence-electron chi connectivity index (χ2n) is 5.06. The average molecular weight is 295 g/mol. The molecule has 0 spiro atoms. The van der Waals surface area contributed by atoms with Crippen molar-refractivity contribution in [3.05, 3.63) is 39.9 Å². The predicted octanol–water partition coefficient (Wildman–Crippen LogP) is 4.52. The Labute approximate surface area is 123 Å². The SMILES string of the molecule is Cc1nc(-c2cccc(Cl)c2)sc1CNCC(C)C. The van der Waals surface area contributed by atoms with Gasteiger partial charge in [-0.05, 0) is 31.5 Å². The second-order valence-corrected chi connectivity index (χ2v) is 6.58. The van der Waals surface area contributed by atoms with Crippen molar-refractivity contribution in [1.82, 2.24) is 10.3 Å². The summed E-state index contributed by atoms with van der Waals surface area (Å²) < 4.78 is 0. The lowest BCUT2D eigenvalue weighted by Crippen LogP contribution is -2.18. The molecule has 0 atom stereocenters. The van der Waals surface area contributed by atoms with Crippen LogP contribution in [0.5, 0.6) is 0 Å². The van der Waals surface area contributed by atoms with Gasteiger partial charge in [0.05, 0.1) is 5.69 Å². The van der Waals surface area contributed by atoms with Crippen molar-refractivity contribution >= 4 is 22.9 Å². The Hall–Kier alpha value is -0.900. The van der Waals surface area contributed by atoms with Gasteiger partial charge in [0.25, 0.3) is 0 Å². The van der Waals surface area contributed by atoms with E-state index in [0.29, 0.717) is 5.92 Å². The molecule has 0 unspecified atom stereocenters. The molecule has 1 aromatic carbocycles. The fraction of sp³-hybridized carbons (Fsp3) is 0.400. The van der Waals surface area contributed by atoms with E-state index >= 15 is 0 Å². The largest absolute Gasteiger partial charge is 0.312 e. The van der Waals surface area contributed by atoms with E-state index in [2.05, 4.69) is 37.1 Å². The summed E-state index contributed by atoms with van der Waals surface area (Å²) >= 11 is 7.76. The Balaban J connectivity index is 2.12. The third-order valence-corrected chi connectivity index (χ3v) is 4.24. The molecule has 0 saturated carbocycles. The zero-order valence-corrected chi connectivity index (χ0v) is 13.1. The Morgan fingerprint density at radius 3 is 2.84 bits per heavy atom. The summed E-state index contributed by atoms with van der Waals surface area (Å²) in [7, 11) is 0. The number of nitrogens with zero attached hydrogens (tertiary/aromatic N) is 1. The van der Waals surface area contributed by atoms with Crippen LogP contribution in [0.15, 0.2) is 24.3 Å². The van der Waals surface area contributed by atoms with E-state index in [1.165, 1.54) is 4.88 Å². The standard InChI is InChI=1S/C15H19ClN2S/c1-10(2)8-17-9-14-11(3)18-15(19-14)12-5-4-6-13(16)7-12/h4-7,10,17H,8-9H2,1-3H3. The minimum atomic E-state index is 0.667. The van der Waals surface area contributed by atoms with Gasteiger partial charge in [-0.25, -0.2) is 4.98 Å². The lowest BCUT2D eigenvalue weighted by Gasteiger charge is -2.05. The molecule has 2 rings (SSSR count). The smallest absolute Gasteiger partial charge is 0.123 e. The highest BCUT2D eigenvalue weighted by Crippen LogP contribution is 2.29. The van der Waals surface area contributed by atoms with E-state index in [0.717, 1.165) is 34.4 Å². The van der Waals surface area contributed by atoms with Gasteiger partial charge in [0.15, 0.2) is 0 Å². The summed E-state index contributed by atoms with van der Waals surface area (Å²) in [5.74, 6) is 0.667. The molecule has 0 radical (unpaired) electrons. The maximum atomic E-state index is 6.02. The Bertz CT molecular complexity index is 549. The molecular formula is C15H19ClN2S. The van der Waals surface area contributed by atoms with Crippen LogP contribution in [0.1, 0.15) is 24.4 Å². The first-order valence-corrected chi connectivity index (χ1v) is 7.68. The van der Waals surface area contributed by atoms with Crippen LogP contribution in [0.3, 0.4) is 0 Å². The first kappa shape index (κ1) is 14.5. The maximum absolute atomic E-state index is 6.02. The summed E-state index contributed by atoms with van der Waals surface area (Å²) in [4.78, 5) is 5.94. The summed E-state index contributed by atoms with van der Waals surface area (Å²) in [6, 6.07) is 7.86.